The van der Waals surface area contributed by atoms with Crippen molar-refractivity contribution in [1.82, 2.24) is 9.88 Å². The van der Waals surface area contributed by atoms with Crippen LogP contribution < -0.4 is 5.32 Å². The predicted molar refractivity (Wildman–Crippen MR) is 94.9 cm³/mol. The van der Waals surface area contributed by atoms with Gasteiger partial charge >= 0.3 is 6.18 Å². The number of carbonyl (C=O) groups excluding carboxylic acids is 2. The minimum atomic E-state index is -4.64. The minimum absolute atomic E-state index is 0.0754. The Labute approximate surface area is 161 Å². The van der Waals surface area contributed by atoms with E-state index in [-0.39, 0.29) is 24.5 Å². The summed E-state index contributed by atoms with van der Waals surface area (Å²) in [4.78, 5) is 29.5. The van der Waals surface area contributed by atoms with Gasteiger partial charge in [-0.15, -0.1) is 11.3 Å². The molecule has 6 nitrogen and oxygen atoms in total. The molecule has 1 N–H and O–H groups in total. The fraction of sp³-hybridized carbons (Fsp3) is 0.312. The summed E-state index contributed by atoms with van der Waals surface area (Å²) in [7, 11) is 2.89. The Balaban J connectivity index is 2.01. The highest BCUT2D eigenvalue weighted by molar-refractivity contribution is 7.09. The van der Waals surface area contributed by atoms with Gasteiger partial charge in [0.25, 0.3) is 5.91 Å². The van der Waals surface area contributed by atoms with Gasteiger partial charge in [0.05, 0.1) is 23.7 Å². The Bertz CT molecular complexity index is 842. The molecule has 1 aromatic carbocycles. The van der Waals surface area contributed by atoms with Crippen LogP contribution in [0.2, 0.25) is 5.02 Å². The molecule has 1 heterocycles. The molecule has 0 atom stereocenters. The van der Waals surface area contributed by atoms with Crippen molar-refractivity contribution in [1.29, 1.82) is 0 Å². The maximum Gasteiger partial charge on any atom is 0.417 e. The molecule has 2 amide bonds. The summed E-state index contributed by atoms with van der Waals surface area (Å²) in [5.41, 5.74) is -0.971. The molecule has 2 aromatic rings. The summed E-state index contributed by atoms with van der Waals surface area (Å²) >= 11 is 6.78. The van der Waals surface area contributed by atoms with Gasteiger partial charge in [-0.05, 0) is 18.2 Å². The van der Waals surface area contributed by atoms with Crippen molar-refractivity contribution in [3.05, 3.63) is 44.9 Å². The smallest absolute Gasteiger partial charge is 0.378 e. The lowest BCUT2D eigenvalue weighted by Gasteiger charge is -2.16. The first-order chi connectivity index (χ1) is 12.6. The summed E-state index contributed by atoms with van der Waals surface area (Å²) < 4.78 is 43.5. The monoisotopic (exact) mass is 421 g/mol. The van der Waals surface area contributed by atoms with Crippen molar-refractivity contribution in [2.75, 3.05) is 26.0 Å². The van der Waals surface area contributed by atoms with Crippen LogP contribution in [0.3, 0.4) is 0 Å². The summed E-state index contributed by atoms with van der Waals surface area (Å²) in [5.74, 6) is -1.15. The van der Waals surface area contributed by atoms with Crippen LogP contribution in [0, 0.1) is 0 Å². The van der Waals surface area contributed by atoms with Crippen LogP contribution >= 0.6 is 22.9 Å². The first kappa shape index (κ1) is 21.1. The maximum absolute atomic E-state index is 12.9. The zero-order valence-electron chi connectivity index (χ0n) is 14.3. The van der Waals surface area contributed by atoms with Crippen molar-refractivity contribution in [3.8, 4) is 0 Å². The maximum atomic E-state index is 12.9. The van der Waals surface area contributed by atoms with Gasteiger partial charge in [-0.1, -0.05) is 11.6 Å². The van der Waals surface area contributed by atoms with Gasteiger partial charge < -0.3 is 15.0 Å². The number of ether oxygens (including phenoxy) is 1. The lowest BCUT2D eigenvalue weighted by atomic mass is 10.2. The van der Waals surface area contributed by atoms with Gasteiger partial charge in [0.2, 0.25) is 5.91 Å². The van der Waals surface area contributed by atoms with Crippen molar-refractivity contribution >= 4 is 40.4 Å². The zero-order chi connectivity index (χ0) is 20.2. The number of alkyl halides is 3. The van der Waals surface area contributed by atoms with Crippen LogP contribution in [0.1, 0.15) is 21.1 Å². The van der Waals surface area contributed by atoms with Gasteiger partial charge in [0.1, 0.15) is 10.7 Å². The van der Waals surface area contributed by atoms with Crippen LogP contribution in [-0.4, -0.2) is 42.4 Å². The molecule has 0 fully saturated rings. The van der Waals surface area contributed by atoms with Crippen molar-refractivity contribution in [3.63, 3.8) is 0 Å². The number of rotatable bonds is 6. The normalized spacial score (nSPS) is 11.3. The largest absolute Gasteiger partial charge is 0.417 e. The summed E-state index contributed by atoms with van der Waals surface area (Å²) in [5, 5.41) is 4.00. The van der Waals surface area contributed by atoms with Crippen LogP contribution in [0.4, 0.5) is 18.9 Å². The van der Waals surface area contributed by atoms with E-state index >= 15 is 0 Å². The number of amides is 2. The van der Waals surface area contributed by atoms with Gasteiger partial charge in [-0.2, -0.15) is 13.2 Å². The number of benzene rings is 1. The van der Waals surface area contributed by atoms with Crippen LogP contribution in [-0.2, 0) is 22.3 Å². The van der Waals surface area contributed by atoms with E-state index in [1.807, 2.05) is 0 Å². The number of anilines is 1. The van der Waals surface area contributed by atoms with Crippen molar-refractivity contribution in [2.45, 2.75) is 12.8 Å². The van der Waals surface area contributed by atoms with Crippen LogP contribution in [0.5, 0.6) is 0 Å². The number of methoxy groups -OCH3 is 1. The third-order valence-electron chi connectivity index (χ3n) is 3.32. The molecule has 0 bridgehead atoms. The van der Waals surface area contributed by atoms with Gasteiger partial charge in [0, 0.05) is 25.2 Å². The van der Waals surface area contributed by atoms with E-state index in [0.717, 1.165) is 17.0 Å². The fourth-order valence-electron chi connectivity index (χ4n) is 2.10. The molecule has 0 unspecified atom stereocenters. The molecule has 0 aliphatic carbocycles. The quantitative estimate of drug-likeness (QED) is 0.772. The molecule has 11 heteroatoms. The second-order valence-corrected chi connectivity index (χ2v) is 6.81. The fourth-order valence-corrected chi connectivity index (χ4v) is 3.07. The molecule has 1 aromatic heterocycles. The lowest BCUT2D eigenvalue weighted by molar-refractivity contribution is -0.137. The first-order valence-corrected chi connectivity index (χ1v) is 8.73. The van der Waals surface area contributed by atoms with E-state index < -0.39 is 28.6 Å². The Morgan fingerprint density at radius 1 is 1.37 bits per heavy atom. The molecule has 0 saturated heterocycles. The third-order valence-corrected chi connectivity index (χ3v) is 4.47. The number of carbonyl (C=O) groups is 2. The molecule has 146 valence electrons. The third kappa shape index (κ3) is 5.65. The van der Waals surface area contributed by atoms with Crippen molar-refractivity contribution < 1.29 is 27.5 Å². The molecule has 0 aliphatic rings. The van der Waals surface area contributed by atoms with E-state index in [4.69, 9.17) is 16.3 Å². The van der Waals surface area contributed by atoms with E-state index in [2.05, 4.69) is 10.3 Å². The standard InChI is InChI=1S/C16H15ClF3N3O3S/c1-23(15(25)12-8-27-14(22-12)7-26-2)6-13(24)21-9-3-4-11(17)10(5-9)16(18,19)20/h3-5,8H,6-7H2,1-2H3,(H,21,24). The number of aromatic nitrogens is 1. The summed E-state index contributed by atoms with van der Waals surface area (Å²) in [6.45, 7) is -0.0970. The number of hydrogen-bond donors (Lipinski definition) is 1. The highest BCUT2D eigenvalue weighted by atomic mass is 35.5. The lowest BCUT2D eigenvalue weighted by Crippen LogP contribution is -2.35. The van der Waals surface area contributed by atoms with Gasteiger partial charge in [0.15, 0.2) is 0 Å². The molecule has 0 radical (unpaired) electrons. The molecule has 2 rings (SSSR count). The summed E-state index contributed by atoms with van der Waals surface area (Å²) in [6, 6.07) is 3.02. The van der Waals surface area contributed by atoms with Crippen LogP contribution in [0.25, 0.3) is 0 Å². The average molecular weight is 422 g/mol. The first-order valence-electron chi connectivity index (χ1n) is 7.47. The number of nitrogens with zero attached hydrogens (tertiary/aromatic N) is 2. The molecule has 0 aliphatic heterocycles. The number of thiazole rings is 1. The number of nitrogens with one attached hydrogen (secondary N) is 1. The molecule has 27 heavy (non-hydrogen) atoms. The zero-order valence-corrected chi connectivity index (χ0v) is 15.8. The van der Waals surface area contributed by atoms with E-state index in [1.54, 1.807) is 5.38 Å². The minimum Gasteiger partial charge on any atom is -0.378 e. The second-order valence-electron chi connectivity index (χ2n) is 5.46. The van der Waals surface area contributed by atoms with Gasteiger partial charge in [-0.3, -0.25) is 9.59 Å². The molecule has 0 saturated carbocycles. The highest BCUT2D eigenvalue weighted by Crippen LogP contribution is 2.36. The van der Waals surface area contributed by atoms with Gasteiger partial charge in [-0.25, -0.2) is 4.98 Å². The number of hydrogen-bond acceptors (Lipinski definition) is 5. The van der Waals surface area contributed by atoms with E-state index in [1.165, 1.54) is 31.6 Å². The van der Waals surface area contributed by atoms with E-state index in [0.29, 0.717) is 5.01 Å². The topological polar surface area (TPSA) is 71.5 Å². The second kappa shape index (κ2) is 8.68. The van der Waals surface area contributed by atoms with E-state index in [9.17, 15) is 22.8 Å². The van der Waals surface area contributed by atoms with Crippen molar-refractivity contribution in [2.24, 2.45) is 0 Å². The summed E-state index contributed by atoms with van der Waals surface area (Å²) in [6.07, 6.45) is -4.64. The highest BCUT2D eigenvalue weighted by Gasteiger charge is 2.33. The molecular weight excluding hydrogens is 407 g/mol. The Hall–Kier alpha value is -2.17. The number of halogens is 4. The predicted octanol–water partition coefficient (Wildman–Crippen LogP) is 3.67. The number of likely N-dealkylation sites (N-methyl/N-ethyl adjacent to an activating group) is 1. The molecular formula is C16H15ClF3N3O3S. The van der Waals surface area contributed by atoms with Crippen LogP contribution in [0.15, 0.2) is 23.6 Å². The Morgan fingerprint density at radius 3 is 2.70 bits per heavy atom. The SMILES string of the molecule is COCc1nc(C(=O)N(C)CC(=O)Nc2ccc(Cl)c(C(F)(F)F)c2)cs1. The Kier molecular flexibility index (Phi) is 6.79. The average Bonchev–Trinajstić information content (AvgIpc) is 3.03. The molecule has 0 spiro atoms. The Morgan fingerprint density at radius 2 is 2.07 bits per heavy atom.